The number of nitriles is 1. The van der Waals surface area contributed by atoms with E-state index in [0.717, 1.165) is 13.0 Å². The highest BCUT2D eigenvalue weighted by atomic mass is 14.9. The lowest BCUT2D eigenvalue weighted by atomic mass is 9.94. The van der Waals surface area contributed by atoms with Gasteiger partial charge in [-0.2, -0.15) is 5.26 Å². The van der Waals surface area contributed by atoms with E-state index in [2.05, 4.69) is 42.6 Å². The summed E-state index contributed by atoms with van der Waals surface area (Å²) in [5, 5.41) is 12.6. The fourth-order valence-corrected chi connectivity index (χ4v) is 2.29. The highest BCUT2D eigenvalue weighted by Gasteiger charge is 2.13. The minimum absolute atomic E-state index is 0.120. The maximum atomic E-state index is 9.29. The predicted molar refractivity (Wildman–Crippen MR) is 82.2 cm³/mol. The molecule has 0 saturated heterocycles. The van der Waals surface area contributed by atoms with Crippen LogP contribution in [0, 0.1) is 11.3 Å². The molecule has 0 bridgehead atoms. The third-order valence-corrected chi connectivity index (χ3v) is 3.51. The zero-order chi connectivity index (χ0) is 14.2. The van der Waals surface area contributed by atoms with E-state index in [1.165, 1.54) is 11.1 Å². The van der Waals surface area contributed by atoms with Crippen molar-refractivity contribution >= 4 is 0 Å². The number of rotatable bonds is 6. The predicted octanol–water partition coefficient (Wildman–Crippen LogP) is 3.86. The van der Waals surface area contributed by atoms with Gasteiger partial charge < -0.3 is 0 Å². The molecule has 0 aliphatic carbocycles. The monoisotopic (exact) mass is 264 g/mol. The number of hydrogen-bond donors (Lipinski definition) is 1. The molecule has 0 radical (unpaired) electrons. The molecule has 2 nitrogen and oxygen atoms in total. The van der Waals surface area contributed by atoms with Gasteiger partial charge in [-0.05, 0) is 23.5 Å². The van der Waals surface area contributed by atoms with Gasteiger partial charge in [-0.15, -0.1) is 0 Å². The Bertz CT molecular complexity index is 543. The van der Waals surface area contributed by atoms with Crippen molar-refractivity contribution in [1.82, 2.24) is 5.32 Å². The highest BCUT2D eigenvalue weighted by Crippen LogP contribution is 2.20. The lowest BCUT2D eigenvalue weighted by Crippen LogP contribution is -2.28. The first-order valence-electron chi connectivity index (χ1n) is 7.01. The van der Waals surface area contributed by atoms with E-state index in [9.17, 15) is 5.26 Å². The average Bonchev–Trinajstić information content (AvgIpc) is 2.53. The van der Waals surface area contributed by atoms with Crippen molar-refractivity contribution in [3.8, 4) is 6.07 Å². The van der Waals surface area contributed by atoms with Crippen LogP contribution in [-0.4, -0.2) is 6.04 Å². The highest BCUT2D eigenvalue weighted by molar-refractivity contribution is 5.20. The molecule has 0 aliphatic heterocycles. The summed E-state index contributed by atoms with van der Waals surface area (Å²) in [7, 11) is 0. The van der Waals surface area contributed by atoms with Crippen molar-refractivity contribution in [2.24, 2.45) is 0 Å². The van der Waals surface area contributed by atoms with Gasteiger partial charge in [0.15, 0.2) is 0 Å². The molecule has 2 unspecified atom stereocenters. The molecule has 20 heavy (non-hydrogen) atoms. The van der Waals surface area contributed by atoms with Gasteiger partial charge in [0.1, 0.15) is 0 Å². The molecule has 0 saturated carbocycles. The molecule has 2 heteroatoms. The minimum Gasteiger partial charge on any atom is -0.298 e. The second kappa shape index (κ2) is 7.47. The van der Waals surface area contributed by atoms with Gasteiger partial charge in [0, 0.05) is 6.54 Å². The fraction of sp³-hybridized carbons (Fsp3) is 0.278. The molecule has 0 heterocycles. The van der Waals surface area contributed by atoms with Crippen molar-refractivity contribution in [2.45, 2.75) is 31.8 Å². The molecule has 0 aromatic heterocycles. The van der Waals surface area contributed by atoms with Crippen LogP contribution in [-0.2, 0) is 6.54 Å². The maximum absolute atomic E-state index is 9.29. The second-order valence-electron chi connectivity index (χ2n) is 5.10. The van der Waals surface area contributed by atoms with E-state index in [1.54, 1.807) is 0 Å². The summed E-state index contributed by atoms with van der Waals surface area (Å²) in [5.41, 5.74) is 2.49. The zero-order valence-electron chi connectivity index (χ0n) is 11.8. The number of nitrogens with one attached hydrogen (secondary N) is 1. The summed E-state index contributed by atoms with van der Waals surface area (Å²) in [6.45, 7) is 2.91. The molecule has 2 atom stereocenters. The first-order valence-corrected chi connectivity index (χ1v) is 7.01. The first kappa shape index (κ1) is 14.3. The lowest BCUT2D eigenvalue weighted by Gasteiger charge is -2.17. The summed E-state index contributed by atoms with van der Waals surface area (Å²) in [6.07, 6.45) is 0.827. The Morgan fingerprint density at radius 3 is 2.20 bits per heavy atom. The van der Waals surface area contributed by atoms with Gasteiger partial charge >= 0.3 is 0 Å². The van der Waals surface area contributed by atoms with Crippen molar-refractivity contribution in [2.75, 3.05) is 0 Å². The third-order valence-electron chi connectivity index (χ3n) is 3.51. The van der Waals surface area contributed by atoms with Gasteiger partial charge in [0.25, 0.3) is 0 Å². The SMILES string of the molecule is CC(CC(C#N)NCc1ccccc1)c1ccccc1. The van der Waals surface area contributed by atoms with Gasteiger partial charge in [-0.1, -0.05) is 67.6 Å². The molecule has 0 fully saturated rings. The topological polar surface area (TPSA) is 35.8 Å². The van der Waals surface area contributed by atoms with E-state index in [0.29, 0.717) is 5.92 Å². The van der Waals surface area contributed by atoms with E-state index in [-0.39, 0.29) is 6.04 Å². The van der Waals surface area contributed by atoms with Crippen molar-refractivity contribution in [1.29, 1.82) is 5.26 Å². The summed E-state index contributed by atoms with van der Waals surface area (Å²) < 4.78 is 0. The maximum Gasteiger partial charge on any atom is 0.0961 e. The largest absolute Gasteiger partial charge is 0.298 e. The molecule has 0 spiro atoms. The molecule has 2 aromatic rings. The molecular weight excluding hydrogens is 244 g/mol. The molecule has 102 valence electrons. The Labute approximate surface area is 121 Å². The van der Waals surface area contributed by atoms with Crippen LogP contribution in [0.5, 0.6) is 0 Å². The first-order chi connectivity index (χ1) is 9.79. The Morgan fingerprint density at radius 1 is 1.00 bits per heavy atom. The smallest absolute Gasteiger partial charge is 0.0961 e. The van der Waals surface area contributed by atoms with Crippen LogP contribution in [0.3, 0.4) is 0 Å². The van der Waals surface area contributed by atoms with Crippen LogP contribution in [0.2, 0.25) is 0 Å². The van der Waals surface area contributed by atoms with Gasteiger partial charge in [0.05, 0.1) is 12.1 Å². The summed E-state index contributed by atoms with van der Waals surface area (Å²) in [6, 6.07) is 22.8. The lowest BCUT2D eigenvalue weighted by molar-refractivity contribution is 0.522. The van der Waals surface area contributed by atoms with E-state index in [1.807, 2.05) is 36.4 Å². The zero-order valence-corrected chi connectivity index (χ0v) is 11.8. The van der Waals surface area contributed by atoms with Crippen LogP contribution in [0.25, 0.3) is 0 Å². The molecule has 1 N–H and O–H groups in total. The summed E-state index contributed by atoms with van der Waals surface area (Å²) >= 11 is 0. The molecule has 2 aromatic carbocycles. The Hall–Kier alpha value is -2.11. The molecular formula is C18H20N2. The van der Waals surface area contributed by atoms with Crippen LogP contribution in [0.4, 0.5) is 0 Å². The van der Waals surface area contributed by atoms with E-state index >= 15 is 0 Å². The summed E-state index contributed by atoms with van der Waals surface area (Å²) in [4.78, 5) is 0. The normalized spacial score (nSPS) is 13.4. The average molecular weight is 264 g/mol. The standard InChI is InChI=1S/C18H20N2/c1-15(17-10-6-3-7-11-17)12-18(13-19)20-14-16-8-4-2-5-9-16/h2-11,15,18,20H,12,14H2,1H3. The van der Waals surface area contributed by atoms with Crippen molar-refractivity contribution in [3.63, 3.8) is 0 Å². The van der Waals surface area contributed by atoms with Gasteiger partial charge in [0.2, 0.25) is 0 Å². The Balaban J connectivity index is 1.88. The third kappa shape index (κ3) is 4.22. The fourth-order valence-electron chi connectivity index (χ4n) is 2.29. The van der Waals surface area contributed by atoms with E-state index < -0.39 is 0 Å². The van der Waals surface area contributed by atoms with Crippen LogP contribution in [0.1, 0.15) is 30.4 Å². The van der Waals surface area contributed by atoms with Gasteiger partial charge in [-0.3, -0.25) is 5.32 Å². The van der Waals surface area contributed by atoms with Crippen LogP contribution in [0.15, 0.2) is 60.7 Å². The number of nitrogens with zero attached hydrogens (tertiary/aromatic N) is 1. The van der Waals surface area contributed by atoms with Crippen LogP contribution < -0.4 is 5.32 Å². The van der Waals surface area contributed by atoms with Crippen molar-refractivity contribution < 1.29 is 0 Å². The van der Waals surface area contributed by atoms with Crippen LogP contribution >= 0.6 is 0 Å². The molecule has 0 amide bonds. The quantitative estimate of drug-likeness (QED) is 0.860. The Morgan fingerprint density at radius 2 is 1.60 bits per heavy atom. The van der Waals surface area contributed by atoms with Gasteiger partial charge in [-0.25, -0.2) is 0 Å². The number of benzene rings is 2. The minimum atomic E-state index is -0.120. The molecule has 0 aliphatic rings. The number of hydrogen-bond acceptors (Lipinski definition) is 2. The summed E-state index contributed by atoms with van der Waals surface area (Å²) in [5.74, 6) is 0.379. The second-order valence-corrected chi connectivity index (χ2v) is 5.10. The Kier molecular flexibility index (Phi) is 5.34. The molecule has 2 rings (SSSR count). The van der Waals surface area contributed by atoms with E-state index in [4.69, 9.17) is 0 Å². The van der Waals surface area contributed by atoms with Crippen molar-refractivity contribution in [3.05, 3.63) is 71.8 Å².